The van der Waals surface area contributed by atoms with E-state index in [1.807, 2.05) is 44.2 Å². The number of H-pyrrole nitrogens is 1. The van der Waals surface area contributed by atoms with Crippen LogP contribution in [0.15, 0.2) is 46.1 Å². The van der Waals surface area contributed by atoms with Crippen molar-refractivity contribution in [3.05, 3.63) is 68.5 Å². The molecule has 0 aliphatic carbocycles. The summed E-state index contributed by atoms with van der Waals surface area (Å²) in [7, 11) is 0. The molecular formula is C21H26N2O6. The van der Waals surface area contributed by atoms with Crippen molar-refractivity contribution in [3.8, 4) is 0 Å². The van der Waals surface area contributed by atoms with E-state index in [4.69, 9.17) is 18.9 Å². The zero-order chi connectivity index (χ0) is 20.6. The molecule has 1 N–H and O–H groups in total. The van der Waals surface area contributed by atoms with Crippen LogP contribution in [0.4, 0.5) is 0 Å². The van der Waals surface area contributed by atoms with Crippen LogP contribution < -0.4 is 11.2 Å². The van der Waals surface area contributed by atoms with Gasteiger partial charge in [-0.3, -0.25) is 14.3 Å². The van der Waals surface area contributed by atoms with Crippen molar-refractivity contribution in [1.29, 1.82) is 0 Å². The van der Waals surface area contributed by atoms with Gasteiger partial charge in [-0.1, -0.05) is 30.3 Å². The number of hydrogen-bond acceptors (Lipinski definition) is 6. The zero-order valence-electron chi connectivity index (χ0n) is 16.8. The van der Waals surface area contributed by atoms with E-state index in [0.29, 0.717) is 25.2 Å². The first-order valence-electron chi connectivity index (χ1n) is 9.77. The Labute approximate surface area is 168 Å². The first-order valence-corrected chi connectivity index (χ1v) is 9.77. The fourth-order valence-corrected chi connectivity index (χ4v) is 3.78. The van der Waals surface area contributed by atoms with Gasteiger partial charge >= 0.3 is 5.69 Å². The molecule has 0 amide bonds. The summed E-state index contributed by atoms with van der Waals surface area (Å²) in [5.41, 5.74) is 0.597. The van der Waals surface area contributed by atoms with E-state index < -0.39 is 29.4 Å². The van der Waals surface area contributed by atoms with Crippen LogP contribution in [0, 0.1) is 6.92 Å². The Balaban J connectivity index is 1.56. The number of rotatable bonds is 5. The number of benzene rings is 1. The molecule has 0 bridgehead atoms. The Morgan fingerprint density at radius 3 is 2.69 bits per heavy atom. The molecular weight excluding hydrogens is 376 g/mol. The molecule has 3 heterocycles. The molecule has 0 spiro atoms. The summed E-state index contributed by atoms with van der Waals surface area (Å²) in [5, 5.41) is 0. The lowest BCUT2D eigenvalue weighted by Crippen LogP contribution is -2.39. The highest BCUT2D eigenvalue weighted by Gasteiger charge is 2.47. The molecule has 2 fully saturated rings. The third-order valence-electron chi connectivity index (χ3n) is 5.27. The molecule has 0 unspecified atom stereocenters. The molecule has 0 radical (unpaired) electrons. The highest BCUT2D eigenvalue weighted by atomic mass is 16.8. The van der Waals surface area contributed by atoms with Crippen LogP contribution in [-0.2, 0) is 25.6 Å². The van der Waals surface area contributed by atoms with Gasteiger partial charge < -0.3 is 18.9 Å². The Kier molecular flexibility index (Phi) is 5.44. The van der Waals surface area contributed by atoms with Crippen LogP contribution in [0.2, 0.25) is 0 Å². The smallest absolute Gasteiger partial charge is 0.330 e. The van der Waals surface area contributed by atoms with Gasteiger partial charge in [-0.15, -0.1) is 0 Å². The second-order valence-corrected chi connectivity index (χ2v) is 7.97. The van der Waals surface area contributed by atoms with Crippen LogP contribution in [0.5, 0.6) is 0 Å². The topological polar surface area (TPSA) is 91.8 Å². The van der Waals surface area contributed by atoms with E-state index in [-0.39, 0.29) is 12.2 Å². The van der Waals surface area contributed by atoms with Crippen LogP contribution in [0.1, 0.15) is 37.6 Å². The highest BCUT2D eigenvalue weighted by molar-refractivity contribution is 5.13. The van der Waals surface area contributed by atoms with Crippen molar-refractivity contribution in [2.75, 3.05) is 6.61 Å². The maximum atomic E-state index is 12.3. The Morgan fingerprint density at radius 2 is 2.00 bits per heavy atom. The lowest BCUT2D eigenvalue weighted by atomic mass is 10.1. The van der Waals surface area contributed by atoms with Gasteiger partial charge in [-0.25, -0.2) is 4.79 Å². The summed E-state index contributed by atoms with van der Waals surface area (Å²) in [4.78, 5) is 26.4. The number of nitrogens with one attached hydrogen (secondary N) is 1. The summed E-state index contributed by atoms with van der Waals surface area (Å²) in [5.74, 6) is -0.693. The summed E-state index contributed by atoms with van der Waals surface area (Å²) < 4.78 is 25.5. The molecule has 4 rings (SSSR count). The van der Waals surface area contributed by atoms with Gasteiger partial charge in [0.15, 0.2) is 5.79 Å². The van der Waals surface area contributed by atoms with E-state index >= 15 is 0 Å². The normalized spacial score (nSPS) is 28.7. The molecule has 8 nitrogen and oxygen atoms in total. The number of aryl methyl sites for hydroxylation is 1. The molecule has 1 aromatic carbocycles. The third kappa shape index (κ3) is 4.35. The van der Waals surface area contributed by atoms with Crippen molar-refractivity contribution < 1.29 is 18.9 Å². The molecule has 8 heteroatoms. The summed E-state index contributed by atoms with van der Waals surface area (Å²) in [6.07, 6.45) is 0.430. The van der Waals surface area contributed by atoms with Crippen molar-refractivity contribution in [3.63, 3.8) is 0 Å². The predicted molar refractivity (Wildman–Crippen MR) is 105 cm³/mol. The largest absolute Gasteiger partial charge is 0.371 e. The van der Waals surface area contributed by atoms with Crippen molar-refractivity contribution in [2.45, 2.75) is 64.1 Å². The quantitative estimate of drug-likeness (QED) is 0.821. The number of ether oxygens (including phenoxy) is 4. The first-order chi connectivity index (χ1) is 13.8. The molecule has 2 aromatic rings. The minimum atomic E-state index is -0.693. The molecule has 2 aliphatic heterocycles. The minimum absolute atomic E-state index is 0.290. The lowest BCUT2D eigenvalue weighted by Gasteiger charge is -2.25. The zero-order valence-corrected chi connectivity index (χ0v) is 16.8. The Hall–Kier alpha value is -2.26. The van der Waals surface area contributed by atoms with E-state index in [1.165, 1.54) is 10.8 Å². The molecule has 156 valence electrons. The SMILES string of the molecule is Cc1cn([C@H]2C[C@H](OCc3ccccc3)[C@@H]([C@H]3COC(C)(C)O3)O2)c(=O)[nH]c1=O. The van der Waals surface area contributed by atoms with Crippen molar-refractivity contribution >= 4 is 0 Å². The van der Waals surface area contributed by atoms with Gasteiger partial charge in [0.05, 0.1) is 19.3 Å². The molecule has 0 saturated carbocycles. The molecule has 1 aromatic heterocycles. The van der Waals surface area contributed by atoms with E-state index in [0.717, 1.165) is 5.56 Å². The maximum absolute atomic E-state index is 12.3. The van der Waals surface area contributed by atoms with Crippen LogP contribution in [0.25, 0.3) is 0 Å². The van der Waals surface area contributed by atoms with E-state index in [1.54, 1.807) is 6.92 Å². The molecule has 29 heavy (non-hydrogen) atoms. The average molecular weight is 402 g/mol. The second-order valence-electron chi connectivity index (χ2n) is 7.97. The monoisotopic (exact) mass is 402 g/mol. The van der Waals surface area contributed by atoms with Crippen molar-refractivity contribution in [1.82, 2.24) is 9.55 Å². The predicted octanol–water partition coefficient (Wildman–Crippen LogP) is 1.87. The maximum Gasteiger partial charge on any atom is 0.330 e. The highest BCUT2D eigenvalue weighted by Crippen LogP contribution is 2.37. The lowest BCUT2D eigenvalue weighted by molar-refractivity contribution is -0.168. The fraction of sp³-hybridized carbons (Fsp3) is 0.524. The summed E-state index contributed by atoms with van der Waals surface area (Å²) >= 11 is 0. The van der Waals surface area contributed by atoms with E-state index in [9.17, 15) is 9.59 Å². The van der Waals surface area contributed by atoms with Gasteiger partial charge in [0, 0.05) is 18.2 Å². The summed E-state index contributed by atoms with van der Waals surface area (Å²) in [6, 6.07) is 9.87. The number of aromatic amines is 1. The van der Waals surface area contributed by atoms with Crippen LogP contribution in [0.3, 0.4) is 0 Å². The van der Waals surface area contributed by atoms with Crippen molar-refractivity contribution in [2.24, 2.45) is 0 Å². The summed E-state index contributed by atoms with van der Waals surface area (Å²) in [6.45, 7) is 6.18. The van der Waals surface area contributed by atoms with Gasteiger partial charge in [-0.2, -0.15) is 0 Å². The van der Waals surface area contributed by atoms with Gasteiger partial charge in [0.1, 0.15) is 18.4 Å². The number of hydrogen-bond donors (Lipinski definition) is 1. The molecule has 2 aliphatic rings. The Bertz CT molecular complexity index is 967. The average Bonchev–Trinajstić information content (AvgIpc) is 3.26. The van der Waals surface area contributed by atoms with Crippen LogP contribution >= 0.6 is 0 Å². The number of nitrogens with zero attached hydrogens (tertiary/aromatic N) is 1. The minimum Gasteiger partial charge on any atom is -0.371 e. The standard InChI is InChI=1S/C21H26N2O6/c1-13-10-23(20(25)22-19(13)24)17-9-15(26-11-14-7-5-4-6-8-14)18(28-17)16-12-27-21(2,3)29-16/h4-8,10,15-18H,9,11-12H2,1-3H3,(H,22,24,25)/t15-,16+,17+,18-/m0/s1. The van der Waals surface area contributed by atoms with Gasteiger partial charge in [-0.05, 0) is 26.3 Å². The molecule has 2 saturated heterocycles. The third-order valence-corrected chi connectivity index (χ3v) is 5.27. The van der Waals surface area contributed by atoms with Crippen LogP contribution in [-0.4, -0.2) is 40.3 Å². The fourth-order valence-electron chi connectivity index (χ4n) is 3.78. The van der Waals surface area contributed by atoms with Gasteiger partial charge in [0.25, 0.3) is 5.56 Å². The Morgan fingerprint density at radius 1 is 1.24 bits per heavy atom. The first kappa shape index (κ1) is 20.0. The number of aromatic nitrogens is 2. The molecule has 4 atom stereocenters. The van der Waals surface area contributed by atoms with Gasteiger partial charge in [0.2, 0.25) is 0 Å². The van der Waals surface area contributed by atoms with E-state index in [2.05, 4.69) is 4.98 Å². The second kappa shape index (κ2) is 7.87.